The van der Waals surface area contributed by atoms with E-state index in [2.05, 4.69) is 20.5 Å². The number of benzene rings is 1. The van der Waals surface area contributed by atoms with Crippen molar-refractivity contribution in [3.63, 3.8) is 0 Å². The van der Waals surface area contributed by atoms with E-state index in [0.29, 0.717) is 23.0 Å². The molecule has 1 aromatic carbocycles. The Hall–Kier alpha value is -3.26. The summed E-state index contributed by atoms with van der Waals surface area (Å²) in [7, 11) is 3.44. The van der Waals surface area contributed by atoms with Crippen molar-refractivity contribution in [1.82, 2.24) is 20.5 Å². The number of rotatable bonds is 5. The topological polar surface area (TPSA) is 83.4 Å². The lowest BCUT2D eigenvalue weighted by Crippen LogP contribution is -2.56. The number of halogens is 1. The van der Waals surface area contributed by atoms with E-state index in [-0.39, 0.29) is 17.7 Å². The van der Waals surface area contributed by atoms with Crippen molar-refractivity contribution >= 4 is 5.82 Å². The summed E-state index contributed by atoms with van der Waals surface area (Å²) in [4.78, 5) is 6.01. The number of nitrogens with one attached hydrogen (secondary N) is 1. The number of hydrogen-bond donors (Lipinski definition) is 2. The van der Waals surface area contributed by atoms with E-state index in [1.165, 1.54) is 0 Å². The molecule has 1 saturated heterocycles. The molecule has 32 heavy (non-hydrogen) atoms. The molecule has 2 aromatic heterocycles. The first kappa shape index (κ1) is 20.6. The van der Waals surface area contributed by atoms with Crippen molar-refractivity contribution in [2.24, 2.45) is 5.92 Å². The maximum atomic E-state index is 15.0. The third-order valence-electron chi connectivity index (χ3n) is 6.86. The quantitative estimate of drug-likeness (QED) is 0.635. The van der Waals surface area contributed by atoms with Crippen LogP contribution in [0.4, 0.5) is 10.2 Å². The van der Waals surface area contributed by atoms with Crippen LogP contribution in [0.5, 0.6) is 11.6 Å². The number of aromatic hydroxyl groups is 1. The van der Waals surface area contributed by atoms with Crippen LogP contribution < -0.4 is 15.0 Å². The number of nitrogens with zero attached hydrogens (tertiary/aromatic N) is 4. The summed E-state index contributed by atoms with van der Waals surface area (Å²) in [5.74, 6) is 1.49. The van der Waals surface area contributed by atoms with Crippen molar-refractivity contribution in [3.05, 3.63) is 48.7 Å². The van der Waals surface area contributed by atoms with Crippen LogP contribution in [0.3, 0.4) is 0 Å². The molecule has 4 atom stereocenters. The molecule has 1 aliphatic carbocycles. The number of piperidine rings is 1. The van der Waals surface area contributed by atoms with Gasteiger partial charge in [0.25, 0.3) is 0 Å². The van der Waals surface area contributed by atoms with Gasteiger partial charge in [-0.3, -0.25) is 0 Å². The molecule has 0 amide bonds. The van der Waals surface area contributed by atoms with E-state index in [9.17, 15) is 5.11 Å². The normalized spacial score (nSPS) is 26.3. The Balaban J connectivity index is 1.37. The van der Waals surface area contributed by atoms with Crippen molar-refractivity contribution in [1.29, 1.82) is 0 Å². The van der Waals surface area contributed by atoms with Gasteiger partial charge >= 0.3 is 0 Å². The van der Waals surface area contributed by atoms with Crippen molar-refractivity contribution < 1.29 is 14.2 Å². The van der Waals surface area contributed by atoms with Gasteiger partial charge in [-0.1, -0.05) is 6.07 Å². The number of hydrogen-bond acceptors (Lipinski definition) is 7. The molecular weight excluding hydrogens is 409 g/mol. The minimum absolute atomic E-state index is 0.101. The summed E-state index contributed by atoms with van der Waals surface area (Å²) in [5, 5.41) is 22.6. The number of anilines is 1. The summed E-state index contributed by atoms with van der Waals surface area (Å²) in [6.07, 6.45) is 1.53. The third kappa shape index (κ3) is 3.35. The molecular formula is C24H26FN5O2. The van der Waals surface area contributed by atoms with Gasteiger partial charge in [0.1, 0.15) is 11.9 Å². The molecule has 1 unspecified atom stereocenters. The average molecular weight is 436 g/mol. The fraction of sp³-hybridized carbons (Fsp3) is 0.375. The summed E-state index contributed by atoms with van der Waals surface area (Å²) >= 11 is 0. The molecule has 0 radical (unpaired) electrons. The van der Waals surface area contributed by atoms with Gasteiger partial charge in [-0.15, -0.1) is 10.2 Å². The molecule has 2 N–H and O–H groups in total. The zero-order chi connectivity index (χ0) is 22.5. The molecule has 2 bridgehead atoms. The Morgan fingerprint density at radius 1 is 1.16 bits per heavy atom. The van der Waals surface area contributed by atoms with Crippen molar-refractivity contribution in [2.75, 3.05) is 25.6 Å². The van der Waals surface area contributed by atoms with Crippen LogP contribution in [-0.2, 0) is 0 Å². The Morgan fingerprint density at radius 2 is 1.97 bits per heavy atom. The smallest absolute Gasteiger partial charge is 0.213 e. The number of ether oxygens (including phenoxy) is 1. The predicted octanol–water partition coefficient (Wildman–Crippen LogP) is 3.44. The minimum Gasteiger partial charge on any atom is -0.507 e. The Morgan fingerprint density at radius 3 is 2.62 bits per heavy atom. The van der Waals surface area contributed by atoms with Crippen LogP contribution in [0, 0.1) is 5.92 Å². The highest BCUT2D eigenvalue weighted by atomic mass is 19.1. The number of alkyl halides is 1. The van der Waals surface area contributed by atoms with Gasteiger partial charge < -0.3 is 20.1 Å². The zero-order valence-electron chi connectivity index (χ0n) is 18.3. The second-order valence-corrected chi connectivity index (χ2v) is 8.86. The molecule has 166 valence electrons. The van der Waals surface area contributed by atoms with Gasteiger partial charge in [0.05, 0.1) is 18.8 Å². The Labute approximate surface area is 186 Å². The number of phenolic OH excluding ortho intramolecular Hbond substituents is 1. The van der Waals surface area contributed by atoms with E-state index >= 15 is 4.39 Å². The lowest BCUT2D eigenvalue weighted by Gasteiger charge is -2.37. The van der Waals surface area contributed by atoms with E-state index in [0.717, 1.165) is 24.1 Å². The molecule has 1 saturated carbocycles. The molecule has 7 nitrogen and oxygen atoms in total. The summed E-state index contributed by atoms with van der Waals surface area (Å²) in [6.45, 7) is 2.77. The fourth-order valence-electron chi connectivity index (χ4n) is 5.07. The lowest BCUT2D eigenvalue weighted by molar-refractivity contribution is 0.163. The molecule has 0 spiro atoms. The second kappa shape index (κ2) is 7.70. The maximum absolute atomic E-state index is 15.0. The van der Waals surface area contributed by atoms with Crippen molar-refractivity contribution in [3.8, 4) is 34.0 Å². The van der Waals surface area contributed by atoms with Crippen LogP contribution in [0.1, 0.15) is 13.3 Å². The molecule has 3 heterocycles. The second-order valence-electron chi connectivity index (χ2n) is 8.86. The van der Waals surface area contributed by atoms with Crippen LogP contribution in [0.25, 0.3) is 22.4 Å². The highest BCUT2D eigenvalue weighted by Gasteiger charge is 2.57. The number of fused-ring (bicyclic) bond motifs is 2. The molecule has 2 fully saturated rings. The first-order valence-electron chi connectivity index (χ1n) is 10.7. The summed E-state index contributed by atoms with van der Waals surface area (Å²) < 4.78 is 20.2. The number of phenols is 1. The van der Waals surface area contributed by atoms with Gasteiger partial charge in [0, 0.05) is 37.0 Å². The lowest BCUT2D eigenvalue weighted by atomic mass is 9.96. The largest absolute Gasteiger partial charge is 0.507 e. The third-order valence-corrected chi connectivity index (χ3v) is 6.86. The van der Waals surface area contributed by atoms with Gasteiger partial charge in [-0.2, -0.15) is 0 Å². The van der Waals surface area contributed by atoms with Gasteiger partial charge in [-0.05, 0) is 60.7 Å². The van der Waals surface area contributed by atoms with Gasteiger partial charge in [0.15, 0.2) is 5.82 Å². The predicted molar refractivity (Wildman–Crippen MR) is 121 cm³/mol. The molecule has 1 aliphatic heterocycles. The molecule has 5 rings (SSSR count). The molecule has 3 aromatic rings. The van der Waals surface area contributed by atoms with E-state index < -0.39 is 11.7 Å². The van der Waals surface area contributed by atoms with E-state index in [4.69, 9.17) is 4.74 Å². The van der Waals surface area contributed by atoms with Crippen LogP contribution in [0.15, 0.2) is 48.7 Å². The van der Waals surface area contributed by atoms with Crippen molar-refractivity contribution in [2.45, 2.75) is 31.1 Å². The Kier molecular flexibility index (Phi) is 4.97. The minimum atomic E-state index is -0.962. The maximum Gasteiger partial charge on any atom is 0.213 e. The van der Waals surface area contributed by atoms with Gasteiger partial charge in [-0.25, -0.2) is 9.37 Å². The highest BCUT2D eigenvalue weighted by Crippen LogP contribution is 2.44. The van der Waals surface area contributed by atoms with E-state index in [1.807, 2.05) is 55.3 Å². The SMILES string of the molecule is COc1cc(-c2ccc(-c3ccc(N(C)[C@H]4C5CN[C@@](C)(C5)[C@@H]4F)nn3)c(O)c2)ccn1. The number of aromatic nitrogens is 3. The summed E-state index contributed by atoms with van der Waals surface area (Å²) in [5.41, 5.74) is 2.40. The molecule has 8 heteroatoms. The Bertz CT molecular complexity index is 1140. The number of pyridine rings is 1. The van der Waals surface area contributed by atoms with Crippen LogP contribution in [-0.4, -0.2) is 58.7 Å². The van der Waals surface area contributed by atoms with Crippen LogP contribution >= 0.6 is 0 Å². The number of methoxy groups -OCH3 is 1. The van der Waals surface area contributed by atoms with Crippen LogP contribution in [0.2, 0.25) is 0 Å². The fourth-order valence-corrected chi connectivity index (χ4v) is 5.07. The molecule has 2 aliphatic rings. The first-order chi connectivity index (χ1) is 15.4. The first-order valence-corrected chi connectivity index (χ1v) is 10.7. The van der Waals surface area contributed by atoms with E-state index in [1.54, 1.807) is 19.4 Å². The summed E-state index contributed by atoms with van der Waals surface area (Å²) in [6, 6.07) is 12.5. The monoisotopic (exact) mass is 435 g/mol. The highest BCUT2D eigenvalue weighted by molar-refractivity contribution is 5.74. The van der Waals surface area contributed by atoms with Gasteiger partial charge in [0.2, 0.25) is 5.88 Å². The standard InChI is InChI=1S/C24H26FN5O2/c1-24-12-16(13-27-24)22(23(24)25)30(2)20-7-6-18(28-29-20)17-5-4-14(10-19(17)31)15-8-9-26-21(11-15)32-3/h4-11,16,22-23,27,31H,12-13H2,1-3H3/t16?,22-,23+,24-/m0/s1. The average Bonchev–Trinajstić information content (AvgIpc) is 3.32. The zero-order valence-corrected chi connectivity index (χ0v) is 18.3.